The topological polar surface area (TPSA) is 64.0 Å². The third-order valence-electron chi connectivity index (χ3n) is 4.16. The van der Waals surface area contributed by atoms with E-state index in [2.05, 4.69) is 47.9 Å². The Bertz CT molecular complexity index is 534. The van der Waals surface area contributed by atoms with Crippen molar-refractivity contribution in [1.82, 2.24) is 9.80 Å². The van der Waals surface area contributed by atoms with Gasteiger partial charge in [-0.05, 0) is 51.2 Å². The minimum Gasteiger partial charge on any atom is -0.483 e. The number of piperidine rings is 1. The number of hydrogen-bond acceptors (Lipinski definition) is 4. The van der Waals surface area contributed by atoms with Crippen molar-refractivity contribution in [2.45, 2.75) is 31.8 Å². The number of hydrogen-bond donors (Lipinski definition) is 2. The molecule has 0 aromatic heterocycles. The van der Waals surface area contributed by atoms with Gasteiger partial charge in [-0.2, -0.15) is 0 Å². The van der Waals surface area contributed by atoms with E-state index in [0.717, 1.165) is 18.7 Å². The fourth-order valence-electron chi connectivity index (χ4n) is 2.95. The molecule has 1 unspecified atom stereocenters. The summed E-state index contributed by atoms with van der Waals surface area (Å²) in [6.45, 7) is 3.00. The Balaban J connectivity index is 0.000000891. The zero-order valence-corrected chi connectivity index (χ0v) is 14.6. The lowest BCUT2D eigenvalue weighted by Gasteiger charge is -2.35. The average molecular weight is 332 g/mol. The molecule has 132 valence electrons. The maximum atomic E-state index is 8.69. The number of benzene rings is 1. The number of rotatable bonds is 4. The van der Waals surface area contributed by atoms with E-state index in [1.54, 1.807) is 0 Å². The fraction of sp³-hybridized carbons (Fsp3) is 0.526. The molecule has 0 saturated carbocycles. The second-order valence-corrected chi connectivity index (χ2v) is 6.09. The van der Waals surface area contributed by atoms with Crippen LogP contribution in [0.4, 0.5) is 0 Å². The van der Waals surface area contributed by atoms with Gasteiger partial charge in [0.2, 0.25) is 0 Å². The van der Waals surface area contributed by atoms with Gasteiger partial charge in [-0.3, -0.25) is 4.79 Å². The lowest BCUT2D eigenvalue weighted by atomic mass is 10.0. The molecule has 0 radical (unpaired) electrons. The summed E-state index contributed by atoms with van der Waals surface area (Å²) in [6, 6.07) is 9.00. The molecule has 1 fully saturated rings. The average Bonchev–Trinajstić information content (AvgIpc) is 2.57. The first-order valence-electron chi connectivity index (χ1n) is 8.26. The number of carboxylic acid groups (broad SMARTS) is 1. The largest absolute Gasteiger partial charge is 0.483 e. The number of carbonyl (C=O) groups is 1. The Hall–Kier alpha value is -1.87. The molecule has 1 aliphatic rings. The second-order valence-electron chi connectivity index (χ2n) is 6.09. The fourth-order valence-corrected chi connectivity index (χ4v) is 2.95. The van der Waals surface area contributed by atoms with Crippen molar-refractivity contribution in [2.24, 2.45) is 0 Å². The minimum absolute atomic E-state index is 0.0839. The summed E-state index contributed by atoms with van der Waals surface area (Å²) in [4.78, 5) is 13.3. The first kappa shape index (κ1) is 20.2. The number of aliphatic hydroxyl groups excluding tert-OH is 1. The molecule has 2 rings (SSSR count). The van der Waals surface area contributed by atoms with E-state index in [4.69, 9.17) is 15.0 Å². The number of aliphatic hydroxyl groups is 1. The van der Waals surface area contributed by atoms with Crippen LogP contribution in [-0.2, 0) is 11.3 Å². The van der Waals surface area contributed by atoms with Crippen molar-refractivity contribution in [3.8, 4) is 11.8 Å². The van der Waals surface area contributed by atoms with Crippen LogP contribution in [0, 0.1) is 11.8 Å². The van der Waals surface area contributed by atoms with Crippen LogP contribution in [0.5, 0.6) is 0 Å². The van der Waals surface area contributed by atoms with Gasteiger partial charge in [0.15, 0.2) is 0 Å². The van der Waals surface area contributed by atoms with Gasteiger partial charge in [0.05, 0.1) is 0 Å². The second kappa shape index (κ2) is 11.6. The Morgan fingerprint density at radius 3 is 2.58 bits per heavy atom. The monoisotopic (exact) mass is 332 g/mol. The summed E-state index contributed by atoms with van der Waals surface area (Å²) in [6.07, 6.45) is 4.02. The molecule has 5 heteroatoms. The highest BCUT2D eigenvalue weighted by Crippen LogP contribution is 2.16. The lowest BCUT2D eigenvalue weighted by Crippen LogP contribution is -2.43. The maximum absolute atomic E-state index is 8.69. The van der Waals surface area contributed by atoms with E-state index in [1.807, 2.05) is 12.1 Å². The zero-order valence-electron chi connectivity index (χ0n) is 14.6. The Morgan fingerprint density at radius 1 is 1.33 bits per heavy atom. The van der Waals surface area contributed by atoms with Crippen molar-refractivity contribution < 1.29 is 15.0 Å². The molecular formula is C19H28N2O3. The van der Waals surface area contributed by atoms with Crippen LogP contribution < -0.4 is 0 Å². The third kappa shape index (κ3) is 7.60. The predicted molar refractivity (Wildman–Crippen MR) is 95.7 cm³/mol. The van der Waals surface area contributed by atoms with E-state index >= 15 is 0 Å². The number of likely N-dealkylation sites (tertiary alicyclic amines) is 1. The molecule has 5 nitrogen and oxygen atoms in total. The summed E-state index contributed by atoms with van der Waals surface area (Å²) in [5.74, 6) is 5.60. The quantitative estimate of drug-likeness (QED) is 0.648. The van der Waals surface area contributed by atoms with Gasteiger partial charge in [0, 0.05) is 24.7 Å². The molecule has 24 heavy (non-hydrogen) atoms. The van der Waals surface area contributed by atoms with Crippen LogP contribution in [-0.4, -0.2) is 66.3 Å². The van der Waals surface area contributed by atoms with Gasteiger partial charge >= 0.3 is 0 Å². The Morgan fingerprint density at radius 2 is 2.00 bits per heavy atom. The highest BCUT2D eigenvalue weighted by atomic mass is 16.3. The van der Waals surface area contributed by atoms with E-state index in [0.29, 0.717) is 6.04 Å². The zero-order chi connectivity index (χ0) is 17.8. The van der Waals surface area contributed by atoms with Crippen LogP contribution in [0.15, 0.2) is 24.3 Å². The number of nitrogens with zero attached hydrogens (tertiary/aromatic N) is 2. The summed E-state index contributed by atoms with van der Waals surface area (Å²) in [5, 5.41) is 15.6. The number of likely N-dealkylation sites (N-methyl/N-ethyl adjacent to an activating group) is 2. The van der Waals surface area contributed by atoms with Gasteiger partial charge in [-0.15, -0.1) is 0 Å². The van der Waals surface area contributed by atoms with Crippen molar-refractivity contribution >= 4 is 6.47 Å². The first-order chi connectivity index (χ1) is 11.6. The minimum atomic E-state index is -0.250. The molecule has 1 atom stereocenters. The molecule has 0 aliphatic carbocycles. The molecule has 2 N–H and O–H groups in total. The van der Waals surface area contributed by atoms with Crippen LogP contribution >= 0.6 is 0 Å². The summed E-state index contributed by atoms with van der Waals surface area (Å²) in [7, 11) is 4.44. The molecule has 0 amide bonds. The molecule has 1 heterocycles. The van der Waals surface area contributed by atoms with Crippen LogP contribution in [0.3, 0.4) is 0 Å². The third-order valence-corrected chi connectivity index (χ3v) is 4.16. The summed E-state index contributed by atoms with van der Waals surface area (Å²) >= 11 is 0. The molecule has 1 aliphatic heterocycles. The van der Waals surface area contributed by atoms with E-state index in [1.165, 1.54) is 31.4 Å². The highest BCUT2D eigenvalue weighted by molar-refractivity contribution is 5.36. The Kier molecular flexibility index (Phi) is 9.78. The maximum Gasteiger partial charge on any atom is 0.290 e. The van der Waals surface area contributed by atoms with Gasteiger partial charge in [0.25, 0.3) is 6.47 Å². The molecule has 1 saturated heterocycles. The molecule has 0 bridgehead atoms. The lowest BCUT2D eigenvalue weighted by molar-refractivity contribution is -0.122. The summed E-state index contributed by atoms with van der Waals surface area (Å²) < 4.78 is 0. The highest BCUT2D eigenvalue weighted by Gasteiger charge is 2.20. The molecule has 1 aromatic carbocycles. The van der Waals surface area contributed by atoms with Crippen LogP contribution in [0.2, 0.25) is 0 Å². The van der Waals surface area contributed by atoms with Crippen LogP contribution in [0.1, 0.15) is 30.4 Å². The van der Waals surface area contributed by atoms with Crippen molar-refractivity contribution in [1.29, 1.82) is 0 Å². The van der Waals surface area contributed by atoms with Gasteiger partial charge in [0.1, 0.15) is 6.61 Å². The van der Waals surface area contributed by atoms with Crippen LogP contribution in [0.25, 0.3) is 0 Å². The normalized spacial score (nSPS) is 17.4. The molecule has 0 spiro atoms. The standard InChI is InChI=1S/C18H26N2O.CH2O2/c1-19(15-18-7-3-4-12-20(18)2)14-17-10-8-16(9-11-17)6-5-13-21;2-1-3/h8-11,18,21H,3-4,7,12-15H2,1-2H3;1H,(H,2,3). The Labute approximate surface area is 144 Å². The van der Waals surface area contributed by atoms with E-state index in [9.17, 15) is 0 Å². The molecule has 1 aromatic rings. The SMILES string of the molecule is CN(Cc1ccc(C#CCO)cc1)CC1CCCCN1C.O=CO. The van der Waals surface area contributed by atoms with E-state index < -0.39 is 0 Å². The van der Waals surface area contributed by atoms with Gasteiger partial charge in [-0.25, -0.2) is 0 Å². The van der Waals surface area contributed by atoms with E-state index in [-0.39, 0.29) is 13.1 Å². The molecular weight excluding hydrogens is 304 g/mol. The van der Waals surface area contributed by atoms with Crippen molar-refractivity contribution in [2.75, 3.05) is 33.8 Å². The predicted octanol–water partition coefficient (Wildman–Crippen LogP) is 1.65. The first-order valence-corrected chi connectivity index (χ1v) is 8.26. The smallest absolute Gasteiger partial charge is 0.290 e. The van der Waals surface area contributed by atoms with Gasteiger partial charge in [-0.1, -0.05) is 30.4 Å². The van der Waals surface area contributed by atoms with Gasteiger partial charge < -0.3 is 20.0 Å². The van der Waals surface area contributed by atoms with Crippen molar-refractivity contribution in [3.05, 3.63) is 35.4 Å². The van der Waals surface area contributed by atoms with Crippen molar-refractivity contribution in [3.63, 3.8) is 0 Å². The summed E-state index contributed by atoms with van der Waals surface area (Å²) in [5.41, 5.74) is 2.27.